The maximum Gasteiger partial charge on any atom is 0.139 e. The van der Waals surface area contributed by atoms with E-state index < -0.39 is 0 Å². The van der Waals surface area contributed by atoms with E-state index in [2.05, 4.69) is 10.3 Å². The van der Waals surface area contributed by atoms with Crippen LogP contribution in [0.15, 0.2) is 23.2 Å². The van der Waals surface area contributed by atoms with Gasteiger partial charge in [-0.2, -0.15) is 0 Å². The van der Waals surface area contributed by atoms with Crippen molar-refractivity contribution in [1.29, 1.82) is 0 Å². The number of nitrogen functional groups attached to an aromatic ring is 1. The molecule has 1 heterocycles. The van der Waals surface area contributed by atoms with Gasteiger partial charge in [-0.05, 0) is 18.2 Å². The molecule has 0 saturated heterocycles. The normalized spacial score (nSPS) is 15.2. The Morgan fingerprint density at radius 2 is 2.31 bits per heavy atom. The third-order valence-electron chi connectivity index (χ3n) is 1.98. The first kappa shape index (κ1) is 7.91. The summed E-state index contributed by atoms with van der Waals surface area (Å²) in [6, 6.07) is 5.13. The van der Waals surface area contributed by atoms with Gasteiger partial charge >= 0.3 is 0 Å². The number of nitrogens with two attached hydrogens (primary N) is 1. The number of amidine groups is 1. The van der Waals surface area contributed by atoms with Gasteiger partial charge in [-0.1, -0.05) is 0 Å². The van der Waals surface area contributed by atoms with Crippen LogP contribution < -0.4 is 11.1 Å². The SMILES string of the molecule is Nc1ccc(C2=NCCN2)cc1O. The smallest absolute Gasteiger partial charge is 0.139 e. The van der Waals surface area contributed by atoms with Gasteiger partial charge in [0.25, 0.3) is 0 Å². The average molecular weight is 177 g/mol. The predicted molar refractivity (Wildman–Crippen MR) is 51.9 cm³/mol. The molecule has 2 rings (SSSR count). The van der Waals surface area contributed by atoms with E-state index in [0.717, 1.165) is 24.5 Å². The van der Waals surface area contributed by atoms with Crippen molar-refractivity contribution < 1.29 is 5.11 Å². The fourth-order valence-corrected chi connectivity index (χ4v) is 1.28. The number of hydrogen-bond donors (Lipinski definition) is 3. The first-order valence-corrected chi connectivity index (χ1v) is 4.14. The third-order valence-corrected chi connectivity index (χ3v) is 1.98. The molecule has 1 aliphatic rings. The van der Waals surface area contributed by atoms with E-state index in [1.807, 2.05) is 6.07 Å². The van der Waals surface area contributed by atoms with Gasteiger partial charge in [0.05, 0.1) is 12.2 Å². The van der Waals surface area contributed by atoms with Gasteiger partial charge in [0.2, 0.25) is 0 Å². The van der Waals surface area contributed by atoms with Crippen LogP contribution in [-0.2, 0) is 0 Å². The summed E-state index contributed by atoms with van der Waals surface area (Å²) in [4.78, 5) is 4.23. The summed E-state index contributed by atoms with van der Waals surface area (Å²) in [6.45, 7) is 1.65. The number of benzene rings is 1. The van der Waals surface area contributed by atoms with Crippen molar-refractivity contribution >= 4 is 11.5 Å². The Morgan fingerprint density at radius 3 is 2.92 bits per heavy atom. The molecular weight excluding hydrogens is 166 g/mol. The van der Waals surface area contributed by atoms with E-state index in [4.69, 9.17) is 5.73 Å². The van der Waals surface area contributed by atoms with Crippen molar-refractivity contribution in [2.45, 2.75) is 0 Å². The molecule has 0 bridgehead atoms. The molecule has 0 fully saturated rings. The molecule has 0 spiro atoms. The molecule has 4 heteroatoms. The van der Waals surface area contributed by atoms with Gasteiger partial charge in [0.15, 0.2) is 0 Å². The van der Waals surface area contributed by atoms with Crippen molar-refractivity contribution in [2.24, 2.45) is 4.99 Å². The monoisotopic (exact) mass is 177 g/mol. The van der Waals surface area contributed by atoms with Crippen LogP contribution in [-0.4, -0.2) is 24.0 Å². The molecule has 0 saturated carbocycles. The van der Waals surface area contributed by atoms with Crippen LogP contribution in [0, 0.1) is 0 Å². The van der Waals surface area contributed by atoms with Crippen LogP contribution >= 0.6 is 0 Å². The molecule has 68 valence electrons. The predicted octanol–water partition coefficient (Wildman–Crippen LogP) is 0.324. The average Bonchev–Trinajstić information content (AvgIpc) is 2.62. The Bertz CT molecular complexity index is 360. The Morgan fingerprint density at radius 1 is 1.46 bits per heavy atom. The number of hydrogen-bond acceptors (Lipinski definition) is 4. The van der Waals surface area contributed by atoms with Crippen LogP contribution in [0.3, 0.4) is 0 Å². The summed E-state index contributed by atoms with van der Waals surface area (Å²) >= 11 is 0. The molecule has 4 nitrogen and oxygen atoms in total. The van der Waals surface area contributed by atoms with Crippen LogP contribution in [0.4, 0.5) is 5.69 Å². The standard InChI is InChI=1S/C9H11N3O/c10-7-2-1-6(5-8(7)13)9-11-3-4-12-9/h1-2,5,13H,3-4,10H2,(H,11,12). The molecule has 1 aromatic rings. The molecule has 0 aromatic heterocycles. The van der Waals surface area contributed by atoms with E-state index in [1.54, 1.807) is 12.1 Å². The van der Waals surface area contributed by atoms with Gasteiger partial charge in [-0.25, -0.2) is 0 Å². The van der Waals surface area contributed by atoms with E-state index in [1.165, 1.54) is 0 Å². The summed E-state index contributed by atoms with van der Waals surface area (Å²) in [5.74, 6) is 0.934. The molecular formula is C9H11N3O. The quantitative estimate of drug-likeness (QED) is 0.427. The number of phenolic OH excluding ortho intramolecular Hbond substituents is 1. The number of nitrogens with zero attached hydrogens (tertiary/aromatic N) is 1. The highest BCUT2D eigenvalue weighted by Gasteiger charge is 2.08. The minimum Gasteiger partial charge on any atom is -0.506 e. The minimum absolute atomic E-state index is 0.105. The molecule has 1 aromatic carbocycles. The highest BCUT2D eigenvalue weighted by atomic mass is 16.3. The van der Waals surface area contributed by atoms with Crippen molar-refractivity contribution in [3.05, 3.63) is 23.8 Å². The van der Waals surface area contributed by atoms with Crippen molar-refractivity contribution in [1.82, 2.24) is 5.32 Å². The number of rotatable bonds is 1. The van der Waals surface area contributed by atoms with Crippen LogP contribution in [0.5, 0.6) is 5.75 Å². The highest BCUT2D eigenvalue weighted by molar-refractivity contribution is 6.00. The molecule has 4 N–H and O–H groups in total. The molecule has 0 amide bonds. The summed E-state index contributed by atoms with van der Waals surface area (Å²) < 4.78 is 0. The van der Waals surface area contributed by atoms with Gasteiger partial charge in [0, 0.05) is 12.1 Å². The van der Waals surface area contributed by atoms with Crippen LogP contribution in [0.1, 0.15) is 5.56 Å². The fraction of sp³-hybridized carbons (Fsp3) is 0.222. The molecule has 0 atom stereocenters. The summed E-state index contributed by atoms with van der Waals surface area (Å²) in [6.07, 6.45) is 0. The number of nitrogens with one attached hydrogen (secondary N) is 1. The van der Waals surface area contributed by atoms with Gasteiger partial charge < -0.3 is 16.2 Å². The summed E-state index contributed by atoms with van der Waals surface area (Å²) in [7, 11) is 0. The van der Waals surface area contributed by atoms with E-state index in [-0.39, 0.29) is 5.75 Å². The van der Waals surface area contributed by atoms with E-state index >= 15 is 0 Å². The number of phenols is 1. The second-order valence-corrected chi connectivity index (χ2v) is 2.93. The Kier molecular flexibility index (Phi) is 1.81. The Hall–Kier alpha value is -1.71. The second-order valence-electron chi connectivity index (χ2n) is 2.93. The first-order valence-electron chi connectivity index (χ1n) is 4.14. The van der Waals surface area contributed by atoms with Gasteiger partial charge in [-0.15, -0.1) is 0 Å². The maximum absolute atomic E-state index is 9.35. The third kappa shape index (κ3) is 1.42. The fourth-order valence-electron chi connectivity index (χ4n) is 1.28. The molecule has 0 aliphatic carbocycles. The molecule has 0 radical (unpaired) electrons. The Labute approximate surface area is 76.1 Å². The van der Waals surface area contributed by atoms with E-state index in [0.29, 0.717) is 5.69 Å². The lowest BCUT2D eigenvalue weighted by atomic mass is 10.2. The topological polar surface area (TPSA) is 70.6 Å². The number of aromatic hydroxyl groups is 1. The molecule has 13 heavy (non-hydrogen) atoms. The minimum atomic E-state index is 0.105. The van der Waals surface area contributed by atoms with Crippen LogP contribution in [0.2, 0.25) is 0 Å². The summed E-state index contributed by atoms with van der Waals surface area (Å²) in [5.41, 5.74) is 6.75. The largest absolute Gasteiger partial charge is 0.506 e. The summed E-state index contributed by atoms with van der Waals surface area (Å²) in [5, 5.41) is 12.5. The zero-order valence-electron chi connectivity index (χ0n) is 7.12. The number of anilines is 1. The second kappa shape index (κ2) is 2.97. The molecule has 1 aliphatic heterocycles. The lowest BCUT2D eigenvalue weighted by Crippen LogP contribution is -2.19. The van der Waals surface area contributed by atoms with E-state index in [9.17, 15) is 5.11 Å². The number of aliphatic imine (C=N–C) groups is 1. The van der Waals surface area contributed by atoms with Crippen molar-refractivity contribution in [3.63, 3.8) is 0 Å². The first-order chi connectivity index (χ1) is 6.27. The van der Waals surface area contributed by atoms with Crippen molar-refractivity contribution in [3.8, 4) is 5.75 Å². The van der Waals surface area contributed by atoms with Gasteiger partial charge in [-0.3, -0.25) is 4.99 Å². The molecule has 0 unspecified atom stereocenters. The van der Waals surface area contributed by atoms with Crippen LogP contribution in [0.25, 0.3) is 0 Å². The van der Waals surface area contributed by atoms with Crippen molar-refractivity contribution in [2.75, 3.05) is 18.8 Å². The Balaban J connectivity index is 2.36. The maximum atomic E-state index is 9.35. The van der Waals surface area contributed by atoms with Gasteiger partial charge in [0.1, 0.15) is 11.6 Å². The zero-order valence-corrected chi connectivity index (χ0v) is 7.12. The highest BCUT2D eigenvalue weighted by Crippen LogP contribution is 2.20. The lowest BCUT2D eigenvalue weighted by Gasteiger charge is -2.04. The zero-order chi connectivity index (χ0) is 9.26. The lowest BCUT2D eigenvalue weighted by molar-refractivity contribution is 0.478.